The summed E-state index contributed by atoms with van der Waals surface area (Å²) in [6.45, 7) is 2.27. The quantitative estimate of drug-likeness (QED) is 0.686. The average molecular weight is 325 g/mol. The predicted molar refractivity (Wildman–Crippen MR) is 82.4 cm³/mol. The van der Waals surface area contributed by atoms with Gasteiger partial charge in [0.15, 0.2) is 5.17 Å². The molecule has 0 spiro atoms. The lowest BCUT2D eigenvalue weighted by molar-refractivity contribution is 0.0948. The summed E-state index contributed by atoms with van der Waals surface area (Å²) in [5.41, 5.74) is 5.64. The van der Waals surface area contributed by atoms with Crippen molar-refractivity contribution < 1.29 is 19.0 Å². The van der Waals surface area contributed by atoms with Gasteiger partial charge in [-0.05, 0) is 25.1 Å². The number of aliphatic imine (C=N–C) groups is 1. The molecule has 2 heterocycles. The predicted octanol–water partition coefficient (Wildman–Crippen LogP) is 2.01. The van der Waals surface area contributed by atoms with Gasteiger partial charge in [0.05, 0.1) is 12.7 Å². The van der Waals surface area contributed by atoms with Crippen LogP contribution in [0.3, 0.4) is 0 Å². The van der Waals surface area contributed by atoms with Crippen molar-refractivity contribution in [1.29, 1.82) is 0 Å². The van der Waals surface area contributed by atoms with Gasteiger partial charge in [-0.1, -0.05) is 11.8 Å². The maximum atomic E-state index is 14.4. The number of ether oxygens (including phenoxy) is 1. The number of anilines is 1. The molecular weight excluding hydrogens is 309 g/mol. The minimum absolute atomic E-state index is 0.0388. The van der Waals surface area contributed by atoms with Crippen molar-refractivity contribution in [3.05, 3.63) is 29.6 Å². The minimum atomic E-state index is -1.19. The third-order valence-corrected chi connectivity index (χ3v) is 5.17. The number of hydrogen-bond donors (Lipinski definition) is 3. The van der Waals surface area contributed by atoms with Crippen molar-refractivity contribution in [3.63, 3.8) is 0 Å². The van der Waals surface area contributed by atoms with E-state index in [2.05, 4.69) is 10.3 Å². The summed E-state index contributed by atoms with van der Waals surface area (Å²) in [5.74, 6) is 0.141. The van der Waals surface area contributed by atoms with Gasteiger partial charge in [-0.15, -0.1) is 0 Å². The summed E-state index contributed by atoms with van der Waals surface area (Å²) in [4.78, 5) is 15.4. The number of rotatable bonds is 1. The largest absolute Gasteiger partial charge is 0.465 e. The number of thioether (sulfide) groups is 1. The number of amidine groups is 1. The molecule has 1 saturated heterocycles. The van der Waals surface area contributed by atoms with Crippen LogP contribution >= 0.6 is 11.8 Å². The molecule has 0 aromatic heterocycles. The van der Waals surface area contributed by atoms with Gasteiger partial charge in [0, 0.05) is 22.9 Å². The van der Waals surface area contributed by atoms with Crippen LogP contribution in [0.4, 0.5) is 14.9 Å². The monoisotopic (exact) mass is 325 g/mol. The summed E-state index contributed by atoms with van der Waals surface area (Å²) < 4.78 is 20.1. The first kappa shape index (κ1) is 15.1. The van der Waals surface area contributed by atoms with Crippen LogP contribution in [0.2, 0.25) is 0 Å². The standard InChI is InChI=1S/C14H16FN3O3S/c1-7-14(10-4-9(16)2-3-11(10)15)8(5-21-7)6-22-12(18-14)17-13(19)20/h2-4,7-8H,5-6,16H2,1H3,(H,17,18)(H,19,20)/t7-,8?,14-/m0/s1. The number of carbonyl (C=O) groups is 1. The Balaban J connectivity index is 2.15. The zero-order valence-corrected chi connectivity index (χ0v) is 12.7. The first-order valence-corrected chi connectivity index (χ1v) is 7.81. The molecule has 1 fully saturated rings. The van der Waals surface area contributed by atoms with Crippen molar-refractivity contribution in [2.75, 3.05) is 18.1 Å². The fourth-order valence-corrected chi connectivity index (χ4v) is 4.17. The van der Waals surface area contributed by atoms with Crippen LogP contribution in [0.15, 0.2) is 23.2 Å². The van der Waals surface area contributed by atoms with Crippen molar-refractivity contribution in [3.8, 4) is 0 Å². The zero-order chi connectivity index (χ0) is 15.9. The Hall–Kier alpha value is -1.80. The molecule has 0 radical (unpaired) electrons. The molecule has 1 amide bonds. The lowest BCUT2D eigenvalue weighted by Crippen LogP contribution is -2.45. The maximum absolute atomic E-state index is 14.4. The fraction of sp³-hybridized carbons (Fsp3) is 0.429. The molecule has 1 aromatic carbocycles. The van der Waals surface area contributed by atoms with E-state index in [1.165, 1.54) is 23.9 Å². The second kappa shape index (κ2) is 5.44. The first-order chi connectivity index (χ1) is 10.4. The van der Waals surface area contributed by atoms with Gasteiger partial charge >= 0.3 is 6.09 Å². The van der Waals surface area contributed by atoms with Gasteiger partial charge in [-0.2, -0.15) is 0 Å². The van der Waals surface area contributed by atoms with E-state index in [-0.39, 0.29) is 17.2 Å². The summed E-state index contributed by atoms with van der Waals surface area (Å²) in [6, 6.07) is 4.36. The number of halogens is 1. The Kier molecular flexibility index (Phi) is 3.73. The van der Waals surface area contributed by atoms with Gasteiger partial charge in [-0.25, -0.2) is 14.2 Å². The number of nitrogens with zero attached hydrogens (tertiary/aromatic N) is 1. The first-order valence-electron chi connectivity index (χ1n) is 6.83. The third kappa shape index (κ3) is 2.32. The Morgan fingerprint density at radius 3 is 3.14 bits per heavy atom. The maximum Gasteiger partial charge on any atom is 0.410 e. The molecule has 3 atom stereocenters. The SMILES string of the molecule is C[C@@H]1OCC2CSC(NC(=O)O)=N[C@]21c1cc(N)ccc1F. The molecule has 1 aromatic rings. The van der Waals surface area contributed by atoms with Gasteiger partial charge in [0.1, 0.15) is 11.4 Å². The normalized spacial score (nSPS) is 30.5. The van der Waals surface area contributed by atoms with Crippen molar-refractivity contribution in [1.82, 2.24) is 5.32 Å². The number of nitrogens with two attached hydrogens (primary N) is 1. The Morgan fingerprint density at radius 1 is 1.64 bits per heavy atom. The lowest BCUT2D eigenvalue weighted by atomic mass is 9.77. The summed E-state index contributed by atoms with van der Waals surface area (Å²) in [6.07, 6.45) is -1.57. The zero-order valence-electron chi connectivity index (χ0n) is 11.9. The van der Waals surface area contributed by atoms with E-state index in [1.807, 2.05) is 6.92 Å². The smallest absolute Gasteiger partial charge is 0.410 e. The van der Waals surface area contributed by atoms with E-state index < -0.39 is 17.4 Å². The molecular formula is C14H16FN3O3S. The molecule has 2 aliphatic heterocycles. The molecule has 0 aliphatic carbocycles. The van der Waals surface area contributed by atoms with Crippen LogP contribution in [-0.2, 0) is 10.3 Å². The molecule has 0 bridgehead atoms. The van der Waals surface area contributed by atoms with Crippen LogP contribution in [0.25, 0.3) is 0 Å². The number of hydrogen-bond acceptors (Lipinski definition) is 5. The van der Waals surface area contributed by atoms with Crippen LogP contribution in [0, 0.1) is 11.7 Å². The molecule has 4 N–H and O–H groups in total. The topological polar surface area (TPSA) is 96.9 Å². The lowest BCUT2D eigenvalue weighted by Gasteiger charge is -2.37. The number of fused-ring (bicyclic) bond motifs is 1. The van der Waals surface area contributed by atoms with E-state index in [0.29, 0.717) is 23.6 Å². The van der Waals surface area contributed by atoms with Crippen LogP contribution in [-0.4, -0.2) is 34.8 Å². The highest BCUT2D eigenvalue weighted by Gasteiger charge is 2.54. The van der Waals surface area contributed by atoms with Crippen LogP contribution < -0.4 is 11.1 Å². The fourth-order valence-electron chi connectivity index (χ4n) is 3.09. The van der Waals surface area contributed by atoms with Gasteiger partial charge in [0.2, 0.25) is 0 Å². The molecule has 118 valence electrons. The van der Waals surface area contributed by atoms with Crippen molar-refractivity contribution in [2.24, 2.45) is 10.9 Å². The van der Waals surface area contributed by atoms with Gasteiger partial charge in [0.25, 0.3) is 0 Å². The highest BCUT2D eigenvalue weighted by atomic mass is 32.2. The van der Waals surface area contributed by atoms with E-state index in [0.717, 1.165) is 0 Å². The van der Waals surface area contributed by atoms with E-state index in [1.54, 1.807) is 6.07 Å². The number of carboxylic acid groups (broad SMARTS) is 1. The highest BCUT2D eigenvalue weighted by molar-refractivity contribution is 8.13. The van der Waals surface area contributed by atoms with Crippen molar-refractivity contribution in [2.45, 2.75) is 18.6 Å². The van der Waals surface area contributed by atoms with E-state index in [4.69, 9.17) is 15.6 Å². The average Bonchev–Trinajstić information content (AvgIpc) is 2.79. The Labute approximate surface area is 130 Å². The summed E-state index contributed by atoms with van der Waals surface area (Å²) >= 11 is 1.30. The highest BCUT2D eigenvalue weighted by Crippen LogP contribution is 2.49. The second-order valence-corrected chi connectivity index (χ2v) is 6.40. The summed E-state index contributed by atoms with van der Waals surface area (Å²) in [5, 5.41) is 11.4. The Bertz CT molecular complexity index is 654. The van der Waals surface area contributed by atoms with E-state index in [9.17, 15) is 9.18 Å². The summed E-state index contributed by atoms with van der Waals surface area (Å²) in [7, 11) is 0. The van der Waals surface area contributed by atoms with Crippen molar-refractivity contribution >= 4 is 28.7 Å². The molecule has 6 nitrogen and oxygen atoms in total. The van der Waals surface area contributed by atoms with Gasteiger partial charge < -0.3 is 15.6 Å². The molecule has 0 saturated carbocycles. The molecule has 22 heavy (non-hydrogen) atoms. The Morgan fingerprint density at radius 2 is 2.41 bits per heavy atom. The number of benzene rings is 1. The second-order valence-electron chi connectivity index (χ2n) is 5.40. The molecule has 3 rings (SSSR count). The molecule has 2 aliphatic rings. The van der Waals surface area contributed by atoms with Gasteiger partial charge in [-0.3, -0.25) is 5.32 Å². The number of nitrogens with one attached hydrogen (secondary N) is 1. The number of amides is 1. The molecule has 1 unspecified atom stereocenters. The van der Waals surface area contributed by atoms with E-state index >= 15 is 0 Å². The van der Waals surface area contributed by atoms with Crippen LogP contribution in [0.5, 0.6) is 0 Å². The molecule has 8 heteroatoms. The minimum Gasteiger partial charge on any atom is -0.465 e. The van der Waals surface area contributed by atoms with Crippen LogP contribution in [0.1, 0.15) is 12.5 Å². The number of nitrogen functional groups attached to an aromatic ring is 1. The third-order valence-electron chi connectivity index (χ3n) is 4.13.